The van der Waals surface area contributed by atoms with Gasteiger partial charge in [-0.05, 0) is 85.7 Å². The predicted octanol–water partition coefficient (Wildman–Crippen LogP) is 4.93. The number of aryl methyl sites for hydroxylation is 1. The van der Waals surface area contributed by atoms with Crippen LogP contribution in [0.4, 0.5) is 5.69 Å². The van der Waals surface area contributed by atoms with E-state index in [1.54, 1.807) is 49.6 Å². The van der Waals surface area contributed by atoms with Crippen LogP contribution < -0.4 is 15.6 Å². The Morgan fingerprint density at radius 1 is 1.06 bits per heavy atom. The van der Waals surface area contributed by atoms with Gasteiger partial charge in [0.1, 0.15) is 5.75 Å². The molecule has 7 heteroatoms. The van der Waals surface area contributed by atoms with E-state index in [0.29, 0.717) is 27.9 Å². The van der Waals surface area contributed by atoms with Gasteiger partial charge in [0.2, 0.25) is 0 Å². The highest BCUT2D eigenvalue weighted by molar-refractivity contribution is 7.71. The second kappa shape index (κ2) is 8.20. The fraction of sp³-hybridized carbons (Fsp3) is 0.125. The number of aromatic amines is 1. The van der Waals surface area contributed by atoms with Gasteiger partial charge in [0.15, 0.2) is 4.77 Å². The Morgan fingerprint density at radius 3 is 2.52 bits per heavy atom. The van der Waals surface area contributed by atoms with Crippen LogP contribution in [0.2, 0.25) is 0 Å². The predicted molar refractivity (Wildman–Crippen MR) is 125 cm³/mol. The van der Waals surface area contributed by atoms with Crippen LogP contribution in [0.5, 0.6) is 5.75 Å². The molecule has 0 aliphatic rings. The van der Waals surface area contributed by atoms with E-state index in [1.165, 1.54) is 4.57 Å². The summed E-state index contributed by atoms with van der Waals surface area (Å²) in [5, 5.41) is 3.29. The molecule has 0 atom stereocenters. The maximum Gasteiger partial charge on any atom is 0.266 e. The highest BCUT2D eigenvalue weighted by atomic mass is 32.1. The number of anilines is 1. The van der Waals surface area contributed by atoms with E-state index in [4.69, 9.17) is 17.0 Å². The van der Waals surface area contributed by atoms with Gasteiger partial charge in [-0.15, -0.1) is 0 Å². The van der Waals surface area contributed by atoms with Gasteiger partial charge in [-0.2, -0.15) is 0 Å². The average molecular weight is 432 g/mol. The fourth-order valence-corrected chi connectivity index (χ4v) is 3.72. The average Bonchev–Trinajstić information content (AvgIpc) is 2.76. The summed E-state index contributed by atoms with van der Waals surface area (Å²) in [6.07, 6.45) is 0. The lowest BCUT2D eigenvalue weighted by Gasteiger charge is -2.13. The van der Waals surface area contributed by atoms with Gasteiger partial charge in [0.25, 0.3) is 11.5 Å². The van der Waals surface area contributed by atoms with E-state index in [0.717, 1.165) is 16.8 Å². The number of nitrogens with zero attached hydrogens (tertiary/aromatic N) is 1. The Hall–Kier alpha value is -3.71. The zero-order valence-electron chi connectivity index (χ0n) is 17.4. The van der Waals surface area contributed by atoms with Crippen molar-refractivity contribution in [2.75, 3.05) is 12.4 Å². The third-order valence-corrected chi connectivity index (χ3v) is 5.61. The van der Waals surface area contributed by atoms with Crippen LogP contribution in [0.1, 0.15) is 21.5 Å². The lowest BCUT2D eigenvalue weighted by Crippen LogP contribution is -2.22. The Balaban J connectivity index is 1.73. The number of methoxy groups -OCH3 is 1. The van der Waals surface area contributed by atoms with Gasteiger partial charge in [0.05, 0.1) is 23.7 Å². The lowest BCUT2D eigenvalue weighted by molar-refractivity contribution is 0.102. The number of H-pyrrole nitrogens is 1. The second-order valence-corrected chi connectivity index (χ2v) is 7.62. The van der Waals surface area contributed by atoms with Crippen molar-refractivity contribution in [2.45, 2.75) is 13.8 Å². The first-order chi connectivity index (χ1) is 14.9. The van der Waals surface area contributed by atoms with E-state index in [-0.39, 0.29) is 16.2 Å². The summed E-state index contributed by atoms with van der Waals surface area (Å²) in [5.41, 5.74) is 4.15. The minimum absolute atomic E-state index is 0.227. The van der Waals surface area contributed by atoms with Crippen molar-refractivity contribution in [3.8, 4) is 11.4 Å². The van der Waals surface area contributed by atoms with E-state index >= 15 is 0 Å². The Kier molecular flexibility index (Phi) is 5.44. The molecule has 3 aromatic carbocycles. The number of nitrogens with one attached hydrogen (secondary N) is 2. The van der Waals surface area contributed by atoms with Gasteiger partial charge in [0, 0.05) is 11.3 Å². The molecular formula is C24H21N3O3S. The van der Waals surface area contributed by atoms with E-state index in [2.05, 4.69) is 10.3 Å². The van der Waals surface area contributed by atoms with E-state index < -0.39 is 0 Å². The smallest absolute Gasteiger partial charge is 0.266 e. The monoisotopic (exact) mass is 431 g/mol. The molecule has 0 aliphatic carbocycles. The number of rotatable bonds is 4. The first-order valence-corrected chi connectivity index (χ1v) is 10.1. The van der Waals surface area contributed by atoms with Gasteiger partial charge < -0.3 is 15.0 Å². The fourth-order valence-electron chi connectivity index (χ4n) is 3.43. The first-order valence-electron chi connectivity index (χ1n) is 9.70. The highest BCUT2D eigenvalue weighted by Gasteiger charge is 2.13. The third-order valence-electron chi connectivity index (χ3n) is 5.32. The molecule has 0 spiro atoms. The molecule has 0 fully saturated rings. The van der Waals surface area contributed by atoms with Crippen molar-refractivity contribution in [3.63, 3.8) is 0 Å². The minimum Gasteiger partial charge on any atom is -0.497 e. The topological polar surface area (TPSA) is 76.1 Å². The Morgan fingerprint density at radius 2 is 1.81 bits per heavy atom. The van der Waals surface area contributed by atoms with Gasteiger partial charge in [-0.1, -0.05) is 12.1 Å². The molecule has 1 amide bonds. The van der Waals surface area contributed by atoms with Crippen molar-refractivity contribution in [2.24, 2.45) is 0 Å². The van der Waals surface area contributed by atoms with Gasteiger partial charge in [-0.25, -0.2) is 0 Å². The van der Waals surface area contributed by atoms with Crippen LogP contribution in [0.3, 0.4) is 0 Å². The molecule has 1 aromatic heterocycles. The molecule has 1 heterocycles. The molecule has 2 N–H and O–H groups in total. The molecule has 6 nitrogen and oxygen atoms in total. The molecule has 31 heavy (non-hydrogen) atoms. The maximum atomic E-state index is 13.2. The number of amides is 1. The largest absolute Gasteiger partial charge is 0.497 e. The summed E-state index contributed by atoms with van der Waals surface area (Å²) in [6, 6.07) is 17.7. The van der Waals surface area contributed by atoms with Crippen molar-refractivity contribution in [1.29, 1.82) is 0 Å². The van der Waals surface area contributed by atoms with Gasteiger partial charge in [-0.3, -0.25) is 14.2 Å². The normalized spacial score (nSPS) is 10.8. The lowest BCUT2D eigenvalue weighted by atomic mass is 10.1. The van der Waals surface area contributed by atoms with Crippen LogP contribution in [-0.2, 0) is 0 Å². The quantitative estimate of drug-likeness (QED) is 0.450. The molecule has 4 aromatic rings. The molecular weight excluding hydrogens is 410 g/mol. The first kappa shape index (κ1) is 20.6. The summed E-state index contributed by atoms with van der Waals surface area (Å²) < 4.78 is 6.90. The Bertz CT molecular complexity index is 1420. The van der Waals surface area contributed by atoms with E-state index in [9.17, 15) is 9.59 Å². The number of aromatic nitrogens is 2. The molecule has 0 saturated carbocycles. The van der Waals surface area contributed by atoms with Crippen LogP contribution >= 0.6 is 12.2 Å². The second-order valence-electron chi connectivity index (χ2n) is 7.23. The molecule has 4 rings (SSSR count). The Labute approximate surface area is 184 Å². The van der Waals surface area contributed by atoms with Crippen molar-refractivity contribution in [1.82, 2.24) is 9.55 Å². The number of benzene rings is 3. The number of carbonyl (C=O) groups excluding carboxylic acids is 1. The van der Waals surface area contributed by atoms with Crippen LogP contribution in [0.25, 0.3) is 16.6 Å². The van der Waals surface area contributed by atoms with Gasteiger partial charge >= 0.3 is 0 Å². The SMILES string of the molecule is COc1ccc(NC(=O)c2ccc3c(=O)n(-c4cccc(C)c4C)c(=S)[nH]c3c2)cc1. The summed E-state index contributed by atoms with van der Waals surface area (Å²) in [4.78, 5) is 29.0. The molecule has 0 aliphatic heterocycles. The number of ether oxygens (including phenoxy) is 1. The molecule has 0 radical (unpaired) electrons. The minimum atomic E-state index is -0.287. The van der Waals surface area contributed by atoms with Crippen LogP contribution in [0, 0.1) is 18.6 Å². The zero-order valence-corrected chi connectivity index (χ0v) is 18.2. The summed E-state index contributed by atoms with van der Waals surface area (Å²) >= 11 is 5.48. The summed E-state index contributed by atoms with van der Waals surface area (Å²) in [6.45, 7) is 3.95. The summed E-state index contributed by atoms with van der Waals surface area (Å²) in [7, 11) is 1.58. The van der Waals surface area contributed by atoms with Crippen molar-refractivity contribution < 1.29 is 9.53 Å². The number of carbonyl (C=O) groups is 1. The van der Waals surface area contributed by atoms with Crippen LogP contribution in [0.15, 0.2) is 65.5 Å². The van der Waals surface area contributed by atoms with Crippen molar-refractivity contribution >= 4 is 34.7 Å². The standard InChI is InChI=1S/C24H21N3O3S/c1-14-5-4-6-21(15(14)2)27-23(29)19-12-7-16(13-20(19)26-24(27)31)22(28)25-17-8-10-18(30-3)11-9-17/h4-13H,1-3H3,(H,25,28)(H,26,31). The molecule has 0 saturated heterocycles. The molecule has 0 unspecified atom stereocenters. The molecule has 156 valence electrons. The van der Waals surface area contributed by atoms with Crippen molar-refractivity contribution in [3.05, 3.63) is 92.5 Å². The zero-order chi connectivity index (χ0) is 22.1. The number of hydrogen-bond donors (Lipinski definition) is 2. The number of hydrogen-bond acceptors (Lipinski definition) is 4. The highest BCUT2D eigenvalue weighted by Crippen LogP contribution is 2.20. The molecule has 0 bridgehead atoms. The third kappa shape index (κ3) is 3.87. The maximum absolute atomic E-state index is 13.2. The number of fused-ring (bicyclic) bond motifs is 1. The van der Waals surface area contributed by atoms with Crippen LogP contribution in [-0.4, -0.2) is 22.6 Å². The van der Waals surface area contributed by atoms with E-state index in [1.807, 2.05) is 32.0 Å². The summed E-state index contributed by atoms with van der Waals surface area (Å²) in [5.74, 6) is 0.418.